The second kappa shape index (κ2) is 6.17. The van der Waals surface area contributed by atoms with Crippen molar-refractivity contribution in [2.24, 2.45) is 0 Å². The Bertz CT molecular complexity index is 961. The Morgan fingerprint density at radius 3 is 2.58 bits per heavy atom. The molecule has 0 aliphatic carbocycles. The van der Waals surface area contributed by atoms with Gasteiger partial charge in [-0.2, -0.15) is 0 Å². The van der Waals surface area contributed by atoms with E-state index >= 15 is 0 Å². The summed E-state index contributed by atoms with van der Waals surface area (Å²) in [5, 5.41) is 9.71. The van der Waals surface area contributed by atoms with E-state index in [9.17, 15) is 9.59 Å². The zero-order chi connectivity index (χ0) is 17.3. The lowest BCUT2D eigenvalue weighted by Gasteiger charge is -2.17. The molecule has 0 radical (unpaired) electrons. The van der Waals surface area contributed by atoms with Crippen LogP contribution in [0.1, 0.15) is 15.9 Å². The molecule has 6 heteroatoms. The van der Waals surface area contributed by atoms with Gasteiger partial charge < -0.3 is 20.7 Å². The predicted octanol–water partition coefficient (Wildman–Crippen LogP) is 1.88. The number of H-pyrrole nitrogens is 1. The lowest BCUT2D eigenvalue weighted by atomic mass is 10.1. The molecule has 0 spiro atoms. The maximum Gasteiger partial charge on any atom is 0.263 e. The average molecular weight is 323 g/mol. The lowest BCUT2D eigenvalue weighted by molar-refractivity contribution is 0.0991. The maximum atomic E-state index is 12.7. The predicted molar refractivity (Wildman–Crippen MR) is 94.1 cm³/mol. The molecule has 0 aliphatic heterocycles. The van der Waals surface area contributed by atoms with E-state index in [0.717, 1.165) is 5.56 Å². The number of anilines is 2. The Labute approximate surface area is 138 Å². The van der Waals surface area contributed by atoms with Gasteiger partial charge in [0.05, 0.1) is 12.1 Å². The number of hydrogen-bond acceptors (Lipinski definition) is 4. The van der Waals surface area contributed by atoms with Crippen LogP contribution in [0.4, 0.5) is 11.4 Å². The van der Waals surface area contributed by atoms with Crippen molar-refractivity contribution < 1.29 is 9.90 Å². The summed E-state index contributed by atoms with van der Waals surface area (Å²) in [6, 6.07) is 13.6. The summed E-state index contributed by atoms with van der Waals surface area (Å²) in [6.45, 7) is -0.0679. The van der Waals surface area contributed by atoms with Crippen LogP contribution in [0.5, 0.6) is 0 Å². The van der Waals surface area contributed by atoms with Crippen LogP contribution in [0.3, 0.4) is 0 Å². The van der Waals surface area contributed by atoms with Gasteiger partial charge in [0.1, 0.15) is 5.56 Å². The first-order chi connectivity index (χ1) is 11.5. The van der Waals surface area contributed by atoms with E-state index in [1.165, 1.54) is 11.0 Å². The number of fused-ring (bicyclic) bond motifs is 1. The molecule has 2 aromatic carbocycles. The van der Waals surface area contributed by atoms with Gasteiger partial charge in [-0.15, -0.1) is 0 Å². The number of pyridine rings is 1. The summed E-state index contributed by atoms with van der Waals surface area (Å²) in [6.07, 6.45) is 0. The number of carbonyl (C=O) groups is 1. The Balaban J connectivity index is 2.02. The third kappa shape index (κ3) is 2.75. The van der Waals surface area contributed by atoms with Gasteiger partial charge in [-0.05, 0) is 35.9 Å². The topological polar surface area (TPSA) is 99.4 Å². The molecular weight excluding hydrogens is 306 g/mol. The molecule has 0 atom stereocenters. The summed E-state index contributed by atoms with van der Waals surface area (Å²) in [7, 11) is 1.59. The Hall–Kier alpha value is -3.12. The van der Waals surface area contributed by atoms with Crippen LogP contribution in [0.15, 0.2) is 53.3 Å². The minimum Gasteiger partial charge on any atom is -0.398 e. The molecule has 1 aromatic heterocycles. The molecular formula is C18H17N3O3. The number of aliphatic hydroxyl groups excluding tert-OH is 1. The number of nitrogen functional groups attached to an aromatic ring is 1. The first-order valence-electron chi connectivity index (χ1n) is 7.40. The van der Waals surface area contributed by atoms with E-state index in [1.807, 2.05) is 0 Å². The lowest BCUT2D eigenvalue weighted by Crippen LogP contribution is -2.31. The minimum absolute atomic E-state index is 0.0223. The second-order valence-corrected chi connectivity index (χ2v) is 5.51. The molecule has 1 amide bonds. The van der Waals surface area contributed by atoms with Crippen molar-refractivity contribution >= 4 is 28.2 Å². The van der Waals surface area contributed by atoms with Gasteiger partial charge in [0.25, 0.3) is 11.5 Å². The molecule has 0 saturated heterocycles. The fourth-order valence-electron chi connectivity index (χ4n) is 2.53. The fourth-order valence-corrected chi connectivity index (χ4v) is 2.53. The number of nitrogens with two attached hydrogens (primary N) is 1. The number of hydrogen-bond donors (Lipinski definition) is 3. The fraction of sp³-hybridized carbons (Fsp3) is 0.111. The first-order valence-corrected chi connectivity index (χ1v) is 7.40. The molecule has 0 aliphatic rings. The Kier molecular flexibility index (Phi) is 4.05. The molecule has 0 unspecified atom stereocenters. The summed E-state index contributed by atoms with van der Waals surface area (Å²) >= 11 is 0. The van der Waals surface area contributed by atoms with Gasteiger partial charge in [0.15, 0.2) is 0 Å². The van der Waals surface area contributed by atoms with E-state index in [1.54, 1.807) is 49.5 Å². The molecule has 3 rings (SSSR count). The van der Waals surface area contributed by atoms with Gasteiger partial charge in [-0.1, -0.05) is 18.2 Å². The van der Waals surface area contributed by atoms with Crippen LogP contribution in [-0.2, 0) is 6.61 Å². The second-order valence-electron chi connectivity index (χ2n) is 5.51. The van der Waals surface area contributed by atoms with Crippen molar-refractivity contribution in [3.63, 3.8) is 0 Å². The van der Waals surface area contributed by atoms with E-state index in [4.69, 9.17) is 10.8 Å². The third-order valence-corrected chi connectivity index (χ3v) is 3.96. The highest BCUT2D eigenvalue weighted by Gasteiger charge is 2.18. The van der Waals surface area contributed by atoms with Gasteiger partial charge in [0, 0.05) is 23.8 Å². The Morgan fingerprint density at radius 2 is 1.92 bits per heavy atom. The number of nitrogens with zero attached hydrogens (tertiary/aromatic N) is 1. The van der Waals surface area contributed by atoms with Crippen LogP contribution in [0.25, 0.3) is 10.9 Å². The van der Waals surface area contributed by atoms with Crippen LogP contribution >= 0.6 is 0 Å². The average Bonchev–Trinajstić information content (AvgIpc) is 2.60. The van der Waals surface area contributed by atoms with Crippen molar-refractivity contribution in [1.29, 1.82) is 0 Å². The first kappa shape index (κ1) is 15.8. The van der Waals surface area contributed by atoms with Crippen molar-refractivity contribution in [3.8, 4) is 0 Å². The Morgan fingerprint density at radius 1 is 1.21 bits per heavy atom. The largest absolute Gasteiger partial charge is 0.398 e. The van der Waals surface area contributed by atoms with Crippen LogP contribution < -0.4 is 16.2 Å². The number of aliphatic hydroxyl groups is 1. The smallest absolute Gasteiger partial charge is 0.263 e. The number of aromatic amines is 1. The van der Waals surface area contributed by atoms with Crippen molar-refractivity contribution in [3.05, 3.63) is 70.0 Å². The molecule has 24 heavy (non-hydrogen) atoms. The van der Waals surface area contributed by atoms with Crippen molar-refractivity contribution in [2.75, 3.05) is 17.7 Å². The molecule has 1 heterocycles. The third-order valence-electron chi connectivity index (χ3n) is 3.96. The molecule has 0 saturated carbocycles. The summed E-state index contributed by atoms with van der Waals surface area (Å²) < 4.78 is 0. The van der Waals surface area contributed by atoms with Crippen LogP contribution in [0, 0.1) is 0 Å². The van der Waals surface area contributed by atoms with E-state index in [-0.39, 0.29) is 12.2 Å². The van der Waals surface area contributed by atoms with E-state index in [2.05, 4.69) is 4.98 Å². The number of benzene rings is 2. The number of nitrogens with one attached hydrogen (secondary N) is 1. The number of rotatable bonds is 3. The zero-order valence-electron chi connectivity index (χ0n) is 13.1. The highest BCUT2D eigenvalue weighted by molar-refractivity contribution is 6.07. The van der Waals surface area contributed by atoms with Crippen LogP contribution in [-0.4, -0.2) is 23.0 Å². The molecule has 6 nitrogen and oxygen atoms in total. The summed E-state index contributed by atoms with van der Waals surface area (Å²) in [5.74, 6) is -0.432. The van der Waals surface area contributed by atoms with E-state index < -0.39 is 11.5 Å². The zero-order valence-corrected chi connectivity index (χ0v) is 13.1. The summed E-state index contributed by atoms with van der Waals surface area (Å²) in [5.41, 5.74) is 7.94. The monoisotopic (exact) mass is 323 g/mol. The van der Waals surface area contributed by atoms with Gasteiger partial charge >= 0.3 is 0 Å². The van der Waals surface area contributed by atoms with Gasteiger partial charge in [-0.25, -0.2) is 0 Å². The van der Waals surface area contributed by atoms with Gasteiger partial charge in [-0.3, -0.25) is 9.59 Å². The van der Waals surface area contributed by atoms with Crippen molar-refractivity contribution in [2.45, 2.75) is 6.61 Å². The van der Waals surface area contributed by atoms with Crippen molar-refractivity contribution in [1.82, 2.24) is 4.98 Å². The molecule has 0 bridgehead atoms. The number of amides is 1. The minimum atomic E-state index is -0.461. The quantitative estimate of drug-likeness (QED) is 0.641. The molecule has 3 aromatic rings. The maximum absolute atomic E-state index is 12.7. The highest BCUT2D eigenvalue weighted by Crippen LogP contribution is 2.20. The number of aromatic nitrogens is 1. The summed E-state index contributed by atoms with van der Waals surface area (Å²) in [4.78, 5) is 29.0. The normalized spacial score (nSPS) is 10.8. The van der Waals surface area contributed by atoms with Gasteiger partial charge in [0.2, 0.25) is 0 Å². The van der Waals surface area contributed by atoms with Crippen LogP contribution in [0.2, 0.25) is 0 Å². The molecule has 4 N–H and O–H groups in total. The molecule has 0 fully saturated rings. The number of carbonyl (C=O) groups excluding carboxylic acids is 1. The standard InChI is InChI=1S/C18H17N3O3/c1-21(12-7-5-11(10-22)6-8-12)18(24)14-9-13-15(19)3-2-4-16(13)20-17(14)23/h2-9,22H,10,19H2,1H3,(H,20,23). The van der Waals surface area contributed by atoms with E-state index in [0.29, 0.717) is 22.3 Å². The highest BCUT2D eigenvalue weighted by atomic mass is 16.3. The molecule has 122 valence electrons. The SMILES string of the molecule is CN(C(=O)c1cc2c(N)cccc2[nH]c1=O)c1ccc(CO)cc1.